The summed E-state index contributed by atoms with van der Waals surface area (Å²) in [6, 6.07) is 10.8. The number of nitrogens with zero attached hydrogens (tertiary/aromatic N) is 2. The van der Waals surface area contributed by atoms with Crippen LogP contribution in [0.4, 0.5) is 11.5 Å². The summed E-state index contributed by atoms with van der Waals surface area (Å²) in [5, 5.41) is 9.32. The molecule has 2 heterocycles. The van der Waals surface area contributed by atoms with Gasteiger partial charge in [0.15, 0.2) is 0 Å². The molecule has 2 aromatic rings. The summed E-state index contributed by atoms with van der Waals surface area (Å²) in [6.45, 7) is 1.29. The van der Waals surface area contributed by atoms with Gasteiger partial charge >= 0.3 is 5.97 Å². The Balaban J connectivity index is 2.13. The molecule has 1 aromatic carbocycles. The molecule has 0 amide bonds. The summed E-state index contributed by atoms with van der Waals surface area (Å²) in [7, 11) is 0. The summed E-state index contributed by atoms with van der Waals surface area (Å²) in [6.07, 6.45) is 2.42. The van der Waals surface area contributed by atoms with E-state index >= 15 is 0 Å². The van der Waals surface area contributed by atoms with Crippen molar-refractivity contribution in [1.29, 1.82) is 0 Å². The van der Waals surface area contributed by atoms with Gasteiger partial charge in [0.25, 0.3) is 0 Å². The quantitative estimate of drug-likeness (QED) is 0.909. The van der Waals surface area contributed by atoms with Crippen LogP contribution in [0.5, 0.6) is 5.75 Å². The Morgan fingerprint density at radius 2 is 2.10 bits per heavy atom. The normalized spacial score (nSPS) is 14.1. The lowest BCUT2D eigenvalue weighted by Gasteiger charge is -2.23. The van der Waals surface area contributed by atoms with Gasteiger partial charge in [0.1, 0.15) is 17.1 Å². The monoisotopic (exact) mass is 270 g/mol. The maximum atomic E-state index is 11.4. The SMILES string of the molecule is O=C(O)c1cccnc1N1CCCOc2ccccc21. The van der Waals surface area contributed by atoms with Gasteiger partial charge in [0.05, 0.1) is 12.3 Å². The minimum atomic E-state index is -0.976. The van der Waals surface area contributed by atoms with Crippen LogP contribution in [0.2, 0.25) is 0 Å². The molecule has 0 radical (unpaired) electrons. The van der Waals surface area contributed by atoms with Crippen molar-refractivity contribution in [2.45, 2.75) is 6.42 Å². The molecule has 0 fully saturated rings. The van der Waals surface area contributed by atoms with Crippen LogP contribution in [-0.2, 0) is 0 Å². The van der Waals surface area contributed by atoms with Gasteiger partial charge < -0.3 is 14.7 Å². The number of aromatic carboxylic acids is 1. The third-order valence-electron chi connectivity index (χ3n) is 3.21. The van der Waals surface area contributed by atoms with Crippen LogP contribution in [0.3, 0.4) is 0 Å². The summed E-state index contributed by atoms with van der Waals surface area (Å²) in [4.78, 5) is 17.5. The number of aromatic nitrogens is 1. The number of rotatable bonds is 2. The second-order valence-corrected chi connectivity index (χ2v) is 4.50. The molecule has 0 saturated carbocycles. The molecule has 1 N–H and O–H groups in total. The van der Waals surface area contributed by atoms with Crippen LogP contribution in [0.25, 0.3) is 0 Å². The molecule has 1 aliphatic heterocycles. The Hall–Kier alpha value is -2.56. The fraction of sp³-hybridized carbons (Fsp3) is 0.200. The third kappa shape index (κ3) is 2.18. The molecule has 5 heteroatoms. The third-order valence-corrected chi connectivity index (χ3v) is 3.21. The Morgan fingerprint density at radius 1 is 1.25 bits per heavy atom. The van der Waals surface area contributed by atoms with Crippen LogP contribution in [0.15, 0.2) is 42.6 Å². The number of carbonyl (C=O) groups is 1. The Labute approximate surface area is 116 Å². The van der Waals surface area contributed by atoms with E-state index < -0.39 is 5.97 Å². The van der Waals surface area contributed by atoms with E-state index in [0.717, 1.165) is 17.9 Å². The first kappa shape index (κ1) is 12.5. The van der Waals surface area contributed by atoms with Crippen LogP contribution >= 0.6 is 0 Å². The molecule has 1 aliphatic rings. The average Bonchev–Trinajstić information content (AvgIpc) is 2.69. The largest absolute Gasteiger partial charge is 0.491 e. The zero-order chi connectivity index (χ0) is 13.9. The van der Waals surface area contributed by atoms with Crippen molar-refractivity contribution in [1.82, 2.24) is 4.98 Å². The van der Waals surface area contributed by atoms with Crippen molar-refractivity contribution < 1.29 is 14.6 Å². The predicted octanol–water partition coefficient (Wildman–Crippen LogP) is 2.70. The van der Waals surface area contributed by atoms with E-state index in [1.165, 1.54) is 0 Å². The Kier molecular flexibility index (Phi) is 3.25. The standard InChI is InChI=1S/C15H14N2O3/c18-15(19)11-5-3-8-16-14(11)17-9-4-10-20-13-7-2-1-6-12(13)17/h1-3,5-8H,4,9-10H2,(H,18,19). The van der Waals surface area contributed by atoms with Crippen LogP contribution < -0.4 is 9.64 Å². The summed E-state index contributed by atoms with van der Waals surface area (Å²) in [5.74, 6) is 0.237. The number of pyridine rings is 1. The maximum absolute atomic E-state index is 11.4. The molecule has 0 bridgehead atoms. The molecule has 5 nitrogen and oxygen atoms in total. The molecule has 0 atom stereocenters. The van der Waals surface area contributed by atoms with E-state index in [0.29, 0.717) is 19.0 Å². The van der Waals surface area contributed by atoms with Crippen molar-refractivity contribution in [2.24, 2.45) is 0 Å². The number of ether oxygens (including phenoxy) is 1. The highest BCUT2D eigenvalue weighted by molar-refractivity contribution is 5.94. The van der Waals surface area contributed by atoms with Crippen molar-refractivity contribution >= 4 is 17.5 Å². The number of hydrogen-bond donors (Lipinski definition) is 1. The van der Waals surface area contributed by atoms with E-state index in [1.807, 2.05) is 29.2 Å². The number of carboxylic acids is 1. The van der Waals surface area contributed by atoms with E-state index in [9.17, 15) is 9.90 Å². The number of fused-ring (bicyclic) bond motifs is 1. The highest BCUT2D eigenvalue weighted by Gasteiger charge is 2.22. The summed E-state index contributed by atoms with van der Waals surface area (Å²) in [5.41, 5.74) is 1.05. The average molecular weight is 270 g/mol. The van der Waals surface area contributed by atoms with Crippen LogP contribution in [-0.4, -0.2) is 29.2 Å². The molecule has 0 unspecified atom stereocenters. The summed E-state index contributed by atoms with van der Waals surface area (Å²) >= 11 is 0. The minimum Gasteiger partial charge on any atom is -0.491 e. The van der Waals surface area contributed by atoms with Gasteiger partial charge in [-0.25, -0.2) is 9.78 Å². The lowest BCUT2D eigenvalue weighted by atomic mass is 10.2. The van der Waals surface area contributed by atoms with Gasteiger partial charge in [-0.05, 0) is 30.7 Å². The first-order chi connectivity index (χ1) is 9.77. The van der Waals surface area contributed by atoms with Crippen LogP contribution in [0, 0.1) is 0 Å². The number of hydrogen-bond acceptors (Lipinski definition) is 4. The van der Waals surface area contributed by atoms with Gasteiger partial charge in [-0.1, -0.05) is 12.1 Å². The van der Waals surface area contributed by atoms with Crippen molar-refractivity contribution in [2.75, 3.05) is 18.1 Å². The molecule has 0 spiro atoms. The zero-order valence-electron chi connectivity index (χ0n) is 10.8. The van der Waals surface area contributed by atoms with Gasteiger partial charge in [-0.3, -0.25) is 0 Å². The highest BCUT2D eigenvalue weighted by atomic mass is 16.5. The molecule has 1 aromatic heterocycles. The van der Waals surface area contributed by atoms with Crippen molar-refractivity contribution in [3.63, 3.8) is 0 Å². The van der Waals surface area contributed by atoms with Gasteiger partial charge in [-0.2, -0.15) is 0 Å². The lowest BCUT2D eigenvalue weighted by Crippen LogP contribution is -2.21. The second kappa shape index (κ2) is 5.21. The molecule has 0 saturated heterocycles. The molecule has 3 rings (SSSR count). The van der Waals surface area contributed by atoms with E-state index in [4.69, 9.17) is 4.74 Å². The van der Waals surface area contributed by atoms with Gasteiger partial charge in [0, 0.05) is 12.7 Å². The van der Waals surface area contributed by atoms with Crippen LogP contribution in [0.1, 0.15) is 16.8 Å². The molecular weight excluding hydrogens is 256 g/mol. The fourth-order valence-corrected chi connectivity index (χ4v) is 2.33. The maximum Gasteiger partial charge on any atom is 0.339 e. The molecule has 0 aliphatic carbocycles. The Morgan fingerprint density at radius 3 is 2.95 bits per heavy atom. The zero-order valence-corrected chi connectivity index (χ0v) is 10.8. The predicted molar refractivity (Wildman–Crippen MR) is 74.8 cm³/mol. The van der Waals surface area contributed by atoms with Gasteiger partial charge in [-0.15, -0.1) is 0 Å². The molecule has 20 heavy (non-hydrogen) atoms. The number of benzene rings is 1. The smallest absolute Gasteiger partial charge is 0.339 e. The molecular formula is C15H14N2O3. The first-order valence-corrected chi connectivity index (χ1v) is 6.45. The lowest BCUT2D eigenvalue weighted by molar-refractivity contribution is 0.0697. The minimum absolute atomic E-state index is 0.198. The van der Waals surface area contributed by atoms with Crippen molar-refractivity contribution in [3.8, 4) is 5.75 Å². The number of anilines is 2. The Bertz CT molecular complexity index is 643. The number of para-hydroxylation sites is 2. The molecule has 102 valence electrons. The fourth-order valence-electron chi connectivity index (χ4n) is 2.33. The second-order valence-electron chi connectivity index (χ2n) is 4.50. The summed E-state index contributed by atoms with van der Waals surface area (Å²) < 4.78 is 5.68. The first-order valence-electron chi connectivity index (χ1n) is 6.45. The number of carboxylic acid groups (broad SMARTS) is 1. The topological polar surface area (TPSA) is 62.7 Å². The van der Waals surface area contributed by atoms with E-state index in [1.54, 1.807) is 18.3 Å². The highest BCUT2D eigenvalue weighted by Crippen LogP contribution is 2.36. The van der Waals surface area contributed by atoms with E-state index in [-0.39, 0.29) is 5.56 Å². The van der Waals surface area contributed by atoms with E-state index in [2.05, 4.69) is 4.98 Å². The van der Waals surface area contributed by atoms with Crippen molar-refractivity contribution in [3.05, 3.63) is 48.2 Å². The van der Waals surface area contributed by atoms with Gasteiger partial charge in [0.2, 0.25) is 0 Å².